The van der Waals surface area contributed by atoms with Crippen LogP contribution in [-0.4, -0.2) is 5.12 Å². The lowest BCUT2D eigenvalue weighted by atomic mass is 10.3. The molecule has 0 radical (unpaired) electrons. The van der Waals surface area contributed by atoms with Gasteiger partial charge in [0, 0.05) is 0 Å². The van der Waals surface area contributed by atoms with Crippen LogP contribution in [0.3, 0.4) is 0 Å². The monoisotopic (exact) mass is 181 g/mol. The number of hydrogen-bond acceptors (Lipinski definition) is 3. The summed E-state index contributed by atoms with van der Waals surface area (Å²) in [7, 11) is 0. The fourth-order valence-corrected chi connectivity index (χ4v) is 0.687. The molecule has 0 fully saturated rings. The quantitative estimate of drug-likeness (QED) is 0.238. The van der Waals surface area contributed by atoms with Gasteiger partial charge < -0.3 is 5.32 Å². The van der Waals surface area contributed by atoms with Crippen LogP contribution in [0.2, 0.25) is 0 Å². The number of hydrogen-bond donors (Lipinski definition) is 3. The zero-order valence-corrected chi connectivity index (χ0v) is 6.75. The normalized spacial score (nSPS) is 29.0. The van der Waals surface area contributed by atoms with Gasteiger partial charge in [-0.2, -0.15) is 0 Å². The molecule has 0 spiro atoms. The average molecular weight is 182 g/mol. The predicted octanol–water partition coefficient (Wildman–Crippen LogP) is 0.437. The first-order valence-corrected chi connectivity index (χ1v) is 2.93. The average Bonchev–Trinajstić information content (AvgIpc) is 1.90. The standard InChI is InChI=1S/C5H8ClN3.ClH/c6-5(9-7)3-1-2-4-8-5;/h1-4,8-9H,7H2;1H. The highest BCUT2D eigenvalue weighted by Gasteiger charge is 2.19. The molecule has 5 heteroatoms. The molecule has 1 heterocycles. The zero-order valence-electron chi connectivity index (χ0n) is 5.17. The highest BCUT2D eigenvalue weighted by Crippen LogP contribution is 2.09. The summed E-state index contributed by atoms with van der Waals surface area (Å²) in [6.45, 7) is 0. The first-order chi connectivity index (χ1) is 4.27. The molecular formula is C5H9Cl2N3. The first-order valence-electron chi connectivity index (χ1n) is 2.56. The number of allylic oxidation sites excluding steroid dienone is 2. The number of hydrazine groups is 1. The van der Waals surface area contributed by atoms with Crippen molar-refractivity contribution in [3.63, 3.8) is 0 Å². The lowest BCUT2D eigenvalue weighted by Crippen LogP contribution is -2.52. The van der Waals surface area contributed by atoms with E-state index in [0.29, 0.717) is 0 Å². The Hall–Kier alpha value is -0.220. The van der Waals surface area contributed by atoms with Crippen LogP contribution < -0.4 is 16.6 Å². The smallest absolute Gasteiger partial charge is 0.197 e. The Bertz CT molecular complexity index is 157. The van der Waals surface area contributed by atoms with Crippen molar-refractivity contribution < 1.29 is 0 Å². The molecule has 0 aromatic rings. The van der Waals surface area contributed by atoms with Crippen molar-refractivity contribution in [2.24, 2.45) is 5.84 Å². The summed E-state index contributed by atoms with van der Waals surface area (Å²) >= 11 is 5.77. The van der Waals surface area contributed by atoms with E-state index in [2.05, 4.69) is 10.7 Å². The molecular weight excluding hydrogens is 173 g/mol. The van der Waals surface area contributed by atoms with Gasteiger partial charge in [-0.1, -0.05) is 17.7 Å². The fraction of sp³-hybridized carbons (Fsp3) is 0.200. The Labute approximate surface area is 70.7 Å². The minimum absolute atomic E-state index is 0. The SMILES string of the molecule is Cl.NNC1(Cl)C=CC=CN1. The van der Waals surface area contributed by atoms with Crippen LogP contribution in [0, 0.1) is 0 Å². The van der Waals surface area contributed by atoms with E-state index in [0.717, 1.165) is 0 Å². The number of dihydropyridines is 1. The third-order valence-corrected chi connectivity index (χ3v) is 1.38. The highest BCUT2D eigenvalue weighted by atomic mass is 35.5. The van der Waals surface area contributed by atoms with Crippen LogP contribution in [0.15, 0.2) is 24.4 Å². The van der Waals surface area contributed by atoms with E-state index >= 15 is 0 Å². The van der Waals surface area contributed by atoms with Crippen LogP contribution in [-0.2, 0) is 0 Å². The highest BCUT2D eigenvalue weighted by molar-refractivity contribution is 6.24. The molecule has 0 aromatic carbocycles. The van der Waals surface area contributed by atoms with Gasteiger partial charge >= 0.3 is 0 Å². The lowest BCUT2D eigenvalue weighted by molar-refractivity contribution is 0.506. The maximum absolute atomic E-state index is 5.77. The van der Waals surface area contributed by atoms with Crippen molar-refractivity contribution in [1.29, 1.82) is 0 Å². The Balaban J connectivity index is 0.000000810. The van der Waals surface area contributed by atoms with Crippen LogP contribution in [0.1, 0.15) is 0 Å². The summed E-state index contributed by atoms with van der Waals surface area (Å²) in [6, 6.07) is 0. The van der Waals surface area contributed by atoms with Gasteiger partial charge in [0.2, 0.25) is 0 Å². The fourth-order valence-electron chi connectivity index (χ4n) is 0.551. The molecule has 0 aromatic heterocycles. The molecule has 0 saturated carbocycles. The largest absolute Gasteiger partial charge is 0.357 e. The van der Waals surface area contributed by atoms with E-state index in [1.807, 2.05) is 12.2 Å². The number of nitrogens with one attached hydrogen (secondary N) is 2. The minimum atomic E-state index is -0.797. The van der Waals surface area contributed by atoms with E-state index in [9.17, 15) is 0 Å². The Morgan fingerprint density at radius 2 is 2.20 bits per heavy atom. The van der Waals surface area contributed by atoms with E-state index in [1.165, 1.54) is 0 Å². The Morgan fingerprint density at radius 1 is 1.50 bits per heavy atom. The van der Waals surface area contributed by atoms with E-state index in [-0.39, 0.29) is 12.4 Å². The topological polar surface area (TPSA) is 50.1 Å². The predicted molar refractivity (Wildman–Crippen MR) is 44.6 cm³/mol. The van der Waals surface area contributed by atoms with Crippen molar-refractivity contribution in [3.05, 3.63) is 24.4 Å². The van der Waals surface area contributed by atoms with Gasteiger partial charge in [-0.25, -0.2) is 5.43 Å². The van der Waals surface area contributed by atoms with Gasteiger partial charge in [0.25, 0.3) is 0 Å². The van der Waals surface area contributed by atoms with Crippen LogP contribution in [0.4, 0.5) is 0 Å². The number of alkyl halides is 1. The van der Waals surface area contributed by atoms with Gasteiger partial charge in [-0.3, -0.25) is 5.84 Å². The third-order valence-electron chi connectivity index (χ3n) is 1.04. The summed E-state index contributed by atoms with van der Waals surface area (Å²) in [5.74, 6) is 5.11. The second-order valence-corrected chi connectivity index (χ2v) is 2.31. The van der Waals surface area contributed by atoms with Crippen LogP contribution >= 0.6 is 24.0 Å². The van der Waals surface area contributed by atoms with Gasteiger partial charge in [-0.05, 0) is 18.4 Å². The number of halogens is 2. The Kier molecular flexibility index (Phi) is 3.75. The van der Waals surface area contributed by atoms with Gasteiger partial charge in [0.1, 0.15) is 0 Å². The molecule has 0 aliphatic carbocycles. The van der Waals surface area contributed by atoms with Gasteiger partial charge in [0.05, 0.1) is 0 Å². The molecule has 1 rings (SSSR count). The van der Waals surface area contributed by atoms with Gasteiger partial charge in [0.15, 0.2) is 5.12 Å². The van der Waals surface area contributed by atoms with E-state index in [1.54, 1.807) is 12.3 Å². The molecule has 1 aliphatic rings. The van der Waals surface area contributed by atoms with Crippen molar-refractivity contribution in [3.8, 4) is 0 Å². The first kappa shape index (κ1) is 9.78. The maximum atomic E-state index is 5.77. The Morgan fingerprint density at radius 3 is 2.50 bits per heavy atom. The second-order valence-electron chi connectivity index (χ2n) is 1.72. The maximum Gasteiger partial charge on any atom is 0.197 e. The van der Waals surface area contributed by atoms with Crippen molar-refractivity contribution in [2.45, 2.75) is 5.12 Å². The summed E-state index contributed by atoms with van der Waals surface area (Å²) in [5.41, 5.74) is 2.40. The molecule has 0 bridgehead atoms. The molecule has 1 aliphatic heterocycles. The third kappa shape index (κ3) is 2.19. The van der Waals surface area contributed by atoms with Crippen molar-refractivity contribution in [1.82, 2.24) is 10.7 Å². The molecule has 0 amide bonds. The summed E-state index contributed by atoms with van der Waals surface area (Å²) in [4.78, 5) is 0. The summed E-state index contributed by atoms with van der Waals surface area (Å²) < 4.78 is 0. The van der Waals surface area contributed by atoms with Crippen molar-refractivity contribution in [2.75, 3.05) is 0 Å². The molecule has 1 atom stereocenters. The summed E-state index contributed by atoms with van der Waals surface area (Å²) in [5, 5.41) is 2.01. The summed E-state index contributed by atoms with van der Waals surface area (Å²) in [6.07, 6.45) is 7.07. The molecule has 0 saturated heterocycles. The second kappa shape index (κ2) is 3.83. The molecule has 4 N–H and O–H groups in total. The van der Waals surface area contributed by atoms with E-state index in [4.69, 9.17) is 17.4 Å². The number of rotatable bonds is 1. The zero-order chi connectivity index (χ0) is 6.74. The van der Waals surface area contributed by atoms with Crippen LogP contribution in [0.25, 0.3) is 0 Å². The van der Waals surface area contributed by atoms with Crippen molar-refractivity contribution >= 4 is 24.0 Å². The molecule has 10 heavy (non-hydrogen) atoms. The molecule has 1 unspecified atom stereocenters. The molecule has 3 nitrogen and oxygen atoms in total. The number of nitrogens with two attached hydrogens (primary N) is 1. The van der Waals surface area contributed by atoms with Crippen LogP contribution in [0.5, 0.6) is 0 Å². The van der Waals surface area contributed by atoms with Gasteiger partial charge in [-0.15, -0.1) is 12.4 Å². The minimum Gasteiger partial charge on any atom is -0.357 e. The molecule has 58 valence electrons. The van der Waals surface area contributed by atoms with E-state index < -0.39 is 5.12 Å². The lowest BCUT2D eigenvalue weighted by Gasteiger charge is -2.24.